The highest BCUT2D eigenvalue weighted by molar-refractivity contribution is 7.92. The first-order chi connectivity index (χ1) is 9.01. The molecule has 0 aromatic rings. The SMILES string of the molecule is CCCC(CCO)CNC(=O)C1CCCCS1(=O)=O. The molecule has 0 radical (unpaired) electrons. The third-order valence-electron chi connectivity index (χ3n) is 3.67. The molecule has 1 aliphatic rings. The smallest absolute Gasteiger partial charge is 0.238 e. The lowest BCUT2D eigenvalue weighted by molar-refractivity contribution is -0.121. The van der Waals surface area contributed by atoms with Crippen LogP contribution >= 0.6 is 0 Å². The van der Waals surface area contributed by atoms with Gasteiger partial charge in [0.15, 0.2) is 9.84 Å². The van der Waals surface area contributed by atoms with Crippen molar-refractivity contribution < 1.29 is 18.3 Å². The molecule has 1 fully saturated rings. The minimum Gasteiger partial charge on any atom is -0.396 e. The van der Waals surface area contributed by atoms with Crippen LogP contribution in [0.4, 0.5) is 0 Å². The van der Waals surface area contributed by atoms with E-state index in [0.29, 0.717) is 25.8 Å². The molecule has 0 saturated carbocycles. The summed E-state index contributed by atoms with van der Waals surface area (Å²) < 4.78 is 23.6. The van der Waals surface area contributed by atoms with E-state index in [1.54, 1.807) is 0 Å². The molecule has 1 saturated heterocycles. The lowest BCUT2D eigenvalue weighted by atomic mass is 10.00. The Morgan fingerprint density at radius 1 is 1.37 bits per heavy atom. The summed E-state index contributed by atoms with van der Waals surface area (Å²) in [6, 6.07) is 0. The highest BCUT2D eigenvalue weighted by Crippen LogP contribution is 2.20. The number of hydrogen-bond donors (Lipinski definition) is 2. The molecule has 0 bridgehead atoms. The number of aliphatic hydroxyl groups excluding tert-OH is 1. The van der Waals surface area contributed by atoms with Gasteiger partial charge in [-0.3, -0.25) is 4.79 Å². The Morgan fingerprint density at radius 2 is 2.11 bits per heavy atom. The maximum atomic E-state index is 12.0. The second kappa shape index (κ2) is 7.85. The van der Waals surface area contributed by atoms with Gasteiger partial charge in [0.2, 0.25) is 5.91 Å². The van der Waals surface area contributed by atoms with Crippen LogP contribution in [0.25, 0.3) is 0 Å². The Bertz CT molecular complexity index is 374. The van der Waals surface area contributed by atoms with Gasteiger partial charge in [-0.05, 0) is 31.6 Å². The first-order valence-electron chi connectivity index (χ1n) is 7.11. The normalized spacial score (nSPS) is 23.8. The van der Waals surface area contributed by atoms with E-state index in [4.69, 9.17) is 5.11 Å². The number of amides is 1. The molecular weight excluding hydrogens is 266 g/mol. The summed E-state index contributed by atoms with van der Waals surface area (Å²) in [6.07, 6.45) is 4.46. The fourth-order valence-electron chi connectivity index (χ4n) is 2.55. The highest BCUT2D eigenvalue weighted by atomic mass is 32.2. The van der Waals surface area contributed by atoms with Gasteiger partial charge in [0.05, 0.1) is 5.75 Å². The Hall–Kier alpha value is -0.620. The Morgan fingerprint density at radius 3 is 2.68 bits per heavy atom. The minimum atomic E-state index is -3.26. The van der Waals surface area contributed by atoms with Gasteiger partial charge in [0.25, 0.3) is 0 Å². The molecule has 1 amide bonds. The zero-order valence-corrected chi connectivity index (χ0v) is 12.4. The quantitative estimate of drug-likeness (QED) is 0.729. The van der Waals surface area contributed by atoms with Crippen LogP contribution in [0.5, 0.6) is 0 Å². The molecule has 6 heteroatoms. The molecule has 1 rings (SSSR count). The van der Waals surface area contributed by atoms with Crippen molar-refractivity contribution >= 4 is 15.7 Å². The Kier molecular flexibility index (Phi) is 6.79. The van der Waals surface area contributed by atoms with Crippen LogP contribution in [0.2, 0.25) is 0 Å². The van der Waals surface area contributed by atoms with Crippen LogP contribution in [0, 0.1) is 5.92 Å². The summed E-state index contributed by atoms with van der Waals surface area (Å²) in [5, 5.41) is 10.8. The van der Waals surface area contributed by atoms with Crippen molar-refractivity contribution in [1.82, 2.24) is 5.32 Å². The van der Waals surface area contributed by atoms with E-state index in [0.717, 1.165) is 19.3 Å². The number of rotatable bonds is 7. The lowest BCUT2D eigenvalue weighted by Gasteiger charge is -2.23. The van der Waals surface area contributed by atoms with Gasteiger partial charge in [-0.25, -0.2) is 8.42 Å². The van der Waals surface area contributed by atoms with Gasteiger partial charge in [-0.1, -0.05) is 19.8 Å². The van der Waals surface area contributed by atoms with Gasteiger partial charge in [0, 0.05) is 13.2 Å². The van der Waals surface area contributed by atoms with Gasteiger partial charge < -0.3 is 10.4 Å². The summed E-state index contributed by atoms with van der Waals surface area (Å²) in [7, 11) is -3.26. The van der Waals surface area contributed by atoms with Crippen LogP contribution < -0.4 is 5.32 Å². The Labute approximate surface area is 115 Å². The molecule has 1 heterocycles. The fourth-order valence-corrected chi connectivity index (χ4v) is 4.37. The maximum Gasteiger partial charge on any atom is 0.238 e. The molecular formula is C13H25NO4S. The van der Waals surface area contributed by atoms with E-state index >= 15 is 0 Å². The maximum absolute atomic E-state index is 12.0. The average Bonchev–Trinajstić information content (AvgIpc) is 2.35. The molecule has 112 valence electrons. The fraction of sp³-hybridized carbons (Fsp3) is 0.923. The van der Waals surface area contributed by atoms with Gasteiger partial charge in [-0.15, -0.1) is 0 Å². The summed E-state index contributed by atoms with van der Waals surface area (Å²) in [6.45, 7) is 2.61. The molecule has 2 N–H and O–H groups in total. The van der Waals surface area contributed by atoms with Gasteiger partial charge >= 0.3 is 0 Å². The molecule has 0 spiro atoms. The molecule has 1 aliphatic heterocycles. The monoisotopic (exact) mass is 291 g/mol. The van der Waals surface area contributed by atoms with E-state index < -0.39 is 15.1 Å². The summed E-state index contributed by atoms with van der Waals surface area (Å²) >= 11 is 0. The van der Waals surface area contributed by atoms with Crippen LogP contribution in [0.15, 0.2) is 0 Å². The number of aliphatic hydroxyl groups is 1. The number of sulfone groups is 1. The molecule has 0 aliphatic carbocycles. The number of nitrogens with one attached hydrogen (secondary N) is 1. The highest BCUT2D eigenvalue weighted by Gasteiger charge is 2.34. The van der Waals surface area contributed by atoms with Crippen molar-refractivity contribution in [3.63, 3.8) is 0 Å². The number of hydrogen-bond acceptors (Lipinski definition) is 4. The number of carbonyl (C=O) groups is 1. The summed E-state index contributed by atoms with van der Waals surface area (Å²) in [5.74, 6) is -0.0101. The zero-order valence-electron chi connectivity index (χ0n) is 11.6. The molecule has 19 heavy (non-hydrogen) atoms. The van der Waals surface area contributed by atoms with Crippen LogP contribution in [-0.2, 0) is 14.6 Å². The van der Waals surface area contributed by atoms with Crippen LogP contribution in [0.1, 0.15) is 45.4 Å². The van der Waals surface area contributed by atoms with Crippen molar-refractivity contribution in [2.75, 3.05) is 18.9 Å². The van der Waals surface area contributed by atoms with Gasteiger partial charge in [0.1, 0.15) is 5.25 Å². The van der Waals surface area contributed by atoms with E-state index in [1.807, 2.05) is 0 Å². The largest absolute Gasteiger partial charge is 0.396 e. The summed E-state index contributed by atoms with van der Waals surface area (Å²) in [4.78, 5) is 12.0. The van der Waals surface area contributed by atoms with E-state index in [2.05, 4.69) is 12.2 Å². The predicted octanol–water partition coefficient (Wildman–Crippen LogP) is 0.869. The second-order valence-corrected chi connectivity index (χ2v) is 7.57. The van der Waals surface area contributed by atoms with E-state index in [-0.39, 0.29) is 24.2 Å². The van der Waals surface area contributed by atoms with E-state index in [1.165, 1.54) is 0 Å². The van der Waals surface area contributed by atoms with Crippen LogP contribution in [0.3, 0.4) is 0 Å². The molecule has 0 aromatic heterocycles. The molecule has 2 atom stereocenters. The second-order valence-electron chi connectivity index (χ2n) is 5.26. The topological polar surface area (TPSA) is 83.5 Å². The molecule has 2 unspecified atom stereocenters. The van der Waals surface area contributed by atoms with Crippen molar-refractivity contribution in [3.05, 3.63) is 0 Å². The van der Waals surface area contributed by atoms with Crippen molar-refractivity contribution in [2.45, 2.75) is 50.7 Å². The number of carbonyl (C=O) groups excluding carboxylic acids is 1. The zero-order chi connectivity index (χ0) is 14.3. The minimum absolute atomic E-state index is 0.0995. The van der Waals surface area contributed by atoms with E-state index in [9.17, 15) is 13.2 Å². The van der Waals surface area contributed by atoms with Gasteiger partial charge in [-0.2, -0.15) is 0 Å². The average molecular weight is 291 g/mol. The standard InChI is InChI=1S/C13H25NO4S/c1-2-5-11(7-8-15)10-14-13(16)12-6-3-4-9-19(12,17)18/h11-12,15H,2-10H2,1H3,(H,14,16). The lowest BCUT2D eigenvalue weighted by Crippen LogP contribution is -2.44. The Balaban J connectivity index is 2.49. The third-order valence-corrected chi connectivity index (χ3v) is 5.84. The first kappa shape index (κ1) is 16.4. The van der Waals surface area contributed by atoms with Crippen molar-refractivity contribution in [2.24, 2.45) is 5.92 Å². The van der Waals surface area contributed by atoms with Crippen molar-refractivity contribution in [3.8, 4) is 0 Å². The third kappa shape index (κ3) is 5.10. The predicted molar refractivity (Wildman–Crippen MR) is 74.5 cm³/mol. The summed E-state index contributed by atoms with van der Waals surface area (Å²) in [5.41, 5.74) is 0. The first-order valence-corrected chi connectivity index (χ1v) is 8.83. The van der Waals surface area contributed by atoms with Crippen LogP contribution in [-0.4, -0.2) is 43.6 Å². The molecule has 0 aromatic carbocycles. The van der Waals surface area contributed by atoms with Crippen molar-refractivity contribution in [1.29, 1.82) is 0 Å². The molecule has 5 nitrogen and oxygen atoms in total.